The second kappa shape index (κ2) is 4.14. The molecule has 0 radical (unpaired) electrons. The van der Waals surface area contributed by atoms with Crippen molar-refractivity contribution in [3.63, 3.8) is 0 Å². The van der Waals surface area contributed by atoms with E-state index < -0.39 is 16.4 Å². The van der Waals surface area contributed by atoms with E-state index in [-0.39, 0.29) is 12.0 Å². The molecular weight excluding hydrogens is 292 g/mol. The average Bonchev–Trinajstić information content (AvgIpc) is 2.78. The third kappa shape index (κ3) is 1.91. The Hall–Kier alpha value is -1.74. The molecule has 0 amide bonds. The normalized spacial score (nSPS) is 32.0. The van der Waals surface area contributed by atoms with Crippen molar-refractivity contribution >= 4 is 33.6 Å². The summed E-state index contributed by atoms with van der Waals surface area (Å²) in [6, 6.07) is 0.0735. The van der Waals surface area contributed by atoms with Crippen LogP contribution < -0.4 is 10.6 Å². The number of fused-ring (bicyclic) bond motifs is 2. The van der Waals surface area contributed by atoms with Crippen molar-refractivity contribution in [3.8, 4) is 0 Å². The van der Waals surface area contributed by atoms with E-state index in [1.165, 1.54) is 0 Å². The van der Waals surface area contributed by atoms with Crippen molar-refractivity contribution in [2.24, 2.45) is 0 Å². The van der Waals surface area contributed by atoms with Gasteiger partial charge in [0.25, 0.3) is 0 Å². The van der Waals surface area contributed by atoms with Gasteiger partial charge in [0.05, 0.1) is 27.5 Å². The third-order valence-electron chi connectivity index (χ3n) is 4.19. The molecule has 9 heteroatoms. The highest BCUT2D eigenvalue weighted by Gasteiger charge is 2.40. The lowest BCUT2D eigenvalue weighted by atomic mass is 9.91. The highest BCUT2D eigenvalue weighted by Crippen LogP contribution is 2.38. The van der Waals surface area contributed by atoms with E-state index in [1.807, 2.05) is 11.8 Å². The molecule has 4 N–H and O–H groups in total. The summed E-state index contributed by atoms with van der Waals surface area (Å²) in [5.41, 5.74) is 5.40. The summed E-state index contributed by atoms with van der Waals surface area (Å²) in [5, 5.41) is 18.5. The average molecular weight is 308 g/mol. The largest absolute Gasteiger partial charge is 0.388 e. The van der Waals surface area contributed by atoms with Gasteiger partial charge in [-0.2, -0.15) is 15.1 Å². The summed E-state index contributed by atoms with van der Waals surface area (Å²) >= 11 is 0. The third-order valence-corrected chi connectivity index (χ3v) is 5.63. The van der Waals surface area contributed by atoms with Crippen LogP contribution in [0, 0.1) is 0 Å². The van der Waals surface area contributed by atoms with E-state index in [0.717, 1.165) is 6.42 Å². The van der Waals surface area contributed by atoms with E-state index >= 15 is 0 Å². The van der Waals surface area contributed by atoms with Gasteiger partial charge in [-0.15, -0.1) is 0 Å². The van der Waals surface area contributed by atoms with Gasteiger partial charge < -0.3 is 15.7 Å². The predicted octanol–water partition coefficient (Wildman–Crippen LogP) is -0.224. The molecule has 2 aliphatic rings. The first-order valence-corrected chi connectivity index (χ1v) is 8.15. The van der Waals surface area contributed by atoms with Gasteiger partial charge in [-0.1, -0.05) is 0 Å². The highest BCUT2D eigenvalue weighted by atomic mass is 32.2. The fourth-order valence-electron chi connectivity index (χ4n) is 3.16. The minimum absolute atomic E-state index is 0.0735. The van der Waals surface area contributed by atoms with Crippen LogP contribution in [0.3, 0.4) is 0 Å². The molecule has 21 heavy (non-hydrogen) atoms. The van der Waals surface area contributed by atoms with Crippen molar-refractivity contribution in [1.29, 1.82) is 0 Å². The van der Waals surface area contributed by atoms with Gasteiger partial charge in [0.2, 0.25) is 5.95 Å². The molecule has 2 unspecified atom stereocenters. The summed E-state index contributed by atoms with van der Waals surface area (Å²) in [7, 11) is -1.19. The SMILES string of the molecule is C[C@]1(O)CCC2CS(=O)c3[nH]nc4nc(N)nc(c34)N2C1. The number of anilines is 2. The van der Waals surface area contributed by atoms with E-state index in [0.29, 0.717) is 40.6 Å². The van der Waals surface area contributed by atoms with Crippen LogP contribution in [0.15, 0.2) is 5.03 Å². The molecule has 0 bridgehead atoms. The number of aromatic amines is 1. The van der Waals surface area contributed by atoms with Crippen molar-refractivity contribution in [1.82, 2.24) is 20.2 Å². The van der Waals surface area contributed by atoms with Gasteiger partial charge in [-0.3, -0.25) is 9.31 Å². The molecule has 1 saturated heterocycles. The highest BCUT2D eigenvalue weighted by molar-refractivity contribution is 7.85. The van der Waals surface area contributed by atoms with Gasteiger partial charge in [0.1, 0.15) is 10.8 Å². The monoisotopic (exact) mass is 308 g/mol. The summed E-state index contributed by atoms with van der Waals surface area (Å²) in [5.74, 6) is 1.24. The van der Waals surface area contributed by atoms with Crippen LogP contribution in [0.4, 0.5) is 11.8 Å². The molecule has 0 spiro atoms. The fraction of sp³-hybridized carbons (Fsp3) is 0.583. The Balaban J connectivity index is 1.97. The number of aliphatic hydroxyl groups is 1. The lowest BCUT2D eigenvalue weighted by Crippen LogP contribution is -2.53. The zero-order chi connectivity index (χ0) is 14.8. The second-order valence-corrected chi connectivity index (χ2v) is 7.42. The zero-order valence-corrected chi connectivity index (χ0v) is 12.4. The first-order chi connectivity index (χ1) is 9.94. The Morgan fingerprint density at radius 1 is 1.52 bits per heavy atom. The van der Waals surface area contributed by atoms with Gasteiger partial charge in [0, 0.05) is 12.6 Å². The van der Waals surface area contributed by atoms with E-state index in [1.54, 1.807) is 0 Å². The quantitative estimate of drug-likeness (QED) is 0.615. The lowest BCUT2D eigenvalue weighted by Gasteiger charge is -2.42. The molecule has 2 aliphatic heterocycles. The number of hydrogen-bond acceptors (Lipinski definition) is 7. The van der Waals surface area contributed by atoms with Crippen LogP contribution in [0.25, 0.3) is 11.0 Å². The molecule has 2 aromatic heterocycles. The number of piperidine rings is 1. The Labute approximate surface area is 123 Å². The van der Waals surface area contributed by atoms with Gasteiger partial charge >= 0.3 is 0 Å². The van der Waals surface area contributed by atoms with Crippen molar-refractivity contribution in [2.75, 3.05) is 22.9 Å². The van der Waals surface area contributed by atoms with Crippen LogP contribution in [0.5, 0.6) is 0 Å². The fourth-order valence-corrected chi connectivity index (χ4v) is 4.58. The maximum atomic E-state index is 12.5. The lowest BCUT2D eigenvalue weighted by molar-refractivity contribution is 0.0380. The van der Waals surface area contributed by atoms with Crippen LogP contribution in [0.1, 0.15) is 19.8 Å². The number of nitrogens with zero attached hydrogens (tertiary/aromatic N) is 4. The smallest absolute Gasteiger partial charge is 0.224 e. The predicted molar refractivity (Wildman–Crippen MR) is 78.4 cm³/mol. The topological polar surface area (TPSA) is 121 Å². The molecule has 112 valence electrons. The number of aromatic nitrogens is 4. The van der Waals surface area contributed by atoms with E-state index in [2.05, 4.69) is 20.2 Å². The molecule has 1 fully saturated rings. The van der Waals surface area contributed by atoms with Crippen LogP contribution in [0.2, 0.25) is 0 Å². The molecule has 4 rings (SSSR count). The first kappa shape index (κ1) is 13.0. The molecule has 3 atom stereocenters. The van der Waals surface area contributed by atoms with Crippen LogP contribution in [-0.4, -0.2) is 53.4 Å². The number of hydrogen-bond donors (Lipinski definition) is 3. The standard InChI is InChI=1S/C12H16N6O2S/c1-12(19)3-2-6-4-21(20)10-7-8(16-17-10)14-11(13)15-9(7)18(6)5-12/h6,19H,2-5H2,1H3,(H3,13,14,15,16,17)/t6?,12-,21?/m0/s1. The zero-order valence-electron chi connectivity index (χ0n) is 11.5. The van der Waals surface area contributed by atoms with Crippen molar-refractivity contribution < 1.29 is 9.32 Å². The van der Waals surface area contributed by atoms with Gasteiger partial charge in [-0.05, 0) is 19.8 Å². The van der Waals surface area contributed by atoms with Gasteiger partial charge in [-0.25, -0.2) is 0 Å². The number of rotatable bonds is 0. The number of H-pyrrole nitrogens is 1. The molecule has 2 aromatic rings. The molecule has 0 aliphatic carbocycles. The number of nitrogens with one attached hydrogen (secondary N) is 1. The molecule has 4 heterocycles. The summed E-state index contributed by atoms with van der Waals surface area (Å²) in [6.07, 6.45) is 1.45. The maximum absolute atomic E-state index is 12.5. The van der Waals surface area contributed by atoms with Crippen molar-refractivity contribution in [3.05, 3.63) is 0 Å². The summed E-state index contributed by atoms with van der Waals surface area (Å²) < 4.78 is 12.5. The Bertz CT molecular complexity index is 758. The Morgan fingerprint density at radius 3 is 3.14 bits per heavy atom. The van der Waals surface area contributed by atoms with Crippen molar-refractivity contribution in [2.45, 2.75) is 36.4 Å². The maximum Gasteiger partial charge on any atom is 0.224 e. The van der Waals surface area contributed by atoms with Crippen LogP contribution in [-0.2, 0) is 10.8 Å². The summed E-state index contributed by atoms with van der Waals surface area (Å²) in [4.78, 5) is 10.4. The van der Waals surface area contributed by atoms with Gasteiger partial charge in [0.15, 0.2) is 5.65 Å². The van der Waals surface area contributed by atoms with E-state index in [9.17, 15) is 9.32 Å². The van der Waals surface area contributed by atoms with Crippen LogP contribution >= 0.6 is 0 Å². The minimum atomic E-state index is -1.19. The number of nitrogens with two attached hydrogens (primary N) is 1. The number of nitrogen functional groups attached to an aromatic ring is 1. The Morgan fingerprint density at radius 2 is 2.33 bits per heavy atom. The van der Waals surface area contributed by atoms with E-state index in [4.69, 9.17) is 5.73 Å². The first-order valence-electron chi connectivity index (χ1n) is 6.84. The molecule has 0 aromatic carbocycles. The summed E-state index contributed by atoms with van der Waals surface area (Å²) in [6.45, 7) is 2.24. The second-order valence-electron chi connectivity index (χ2n) is 5.99. The minimum Gasteiger partial charge on any atom is -0.388 e. The molecular formula is C12H16N6O2S. The molecule has 8 nitrogen and oxygen atoms in total. The Kier molecular flexibility index (Phi) is 2.55. The molecule has 0 saturated carbocycles.